The number of amides is 1. The maximum Gasteiger partial charge on any atom is 0.237 e. The number of likely N-dealkylation sites (tertiary alicyclic amines) is 1. The van der Waals surface area contributed by atoms with E-state index < -0.39 is 18.1 Å². The molecule has 10 nitrogen and oxygen atoms in total. The van der Waals surface area contributed by atoms with E-state index in [2.05, 4.69) is 26.8 Å². The smallest absolute Gasteiger partial charge is 0.237 e. The van der Waals surface area contributed by atoms with Gasteiger partial charge in [0.2, 0.25) is 5.91 Å². The molecule has 2 aromatic heterocycles. The van der Waals surface area contributed by atoms with Crippen molar-refractivity contribution in [1.82, 2.24) is 19.4 Å². The van der Waals surface area contributed by atoms with Gasteiger partial charge in [0.15, 0.2) is 0 Å². The zero-order valence-electron chi connectivity index (χ0n) is 21.5. The first-order valence-electron chi connectivity index (χ1n) is 13.6. The number of hydrogen-bond acceptors (Lipinski definition) is 8. The Kier molecular flexibility index (Phi) is 6.94. The lowest BCUT2D eigenvalue weighted by Crippen LogP contribution is -2.48. The second-order valence-electron chi connectivity index (χ2n) is 10.9. The molecule has 3 atom stereocenters. The van der Waals surface area contributed by atoms with Gasteiger partial charge in [-0.3, -0.25) is 9.69 Å². The van der Waals surface area contributed by atoms with Crippen LogP contribution >= 0.6 is 0 Å². The molecule has 1 saturated carbocycles. The third-order valence-electron chi connectivity index (χ3n) is 8.35. The number of carbonyl (C=O) groups excluding carboxylic acids is 1. The largest absolute Gasteiger partial charge is 0.491 e. The van der Waals surface area contributed by atoms with Crippen LogP contribution in [0.15, 0.2) is 36.8 Å². The normalized spacial score (nSPS) is 27.9. The van der Waals surface area contributed by atoms with E-state index in [1.165, 1.54) is 12.7 Å². The number of carbonyl (C=O) groups is 1. The third-order valence-corrected chi connectivity index (χ3v) is 8.35. The summed E-state index contributed by atoms with van der Waals surface area (Å²) in [5.74, 6) is 1.23. The number of rotatable bonds is 8. The van der Waals surface area contributed by atoms with Crippen LogP contribution in [0.5, 0.6) is 5.75 Å². The number of primary amides is 1. The van der Waals surface area contributed by atoms with Crippen molar-refractivity contribution in [2.75, 3.05) is 32.0 Å². The highest BCUT2D eigenvalue weighted by Gasteiger charge is 2.41. The number of nitrogens with two attached hydrogens (primary N) is 2. The molecule has 1 unspecified atom stereocenters. The molecule has 4 heterocycles. The molecule has 2 aliphatic heterocycles. The molecule has 3 fully saturated rings. The molecule has 2 saturated heterocycles. The highest BCUT2D eigenvalue weighted by atomic mass is 16.5. The fourth-order valence-corrected chi connectivity index (χ4v) is 6.31. The summed E-state index contributed by atoms with van der Waals surface area (Å²) in [5.41, 5.74) is 14.7. The highest BCUT2D eigenvalue weighted by molar-refractivity contribution is 6.00. The van der Waals surface area contributed by atoms with Gasteiger partial charge in [-0.25, -0.2) is 9.97 Å². The van der Waals surface area contributed by atoms with Crippen molar-refractivity contribution in [3.8, 4) is 16.9 Å². The second-order valence-corrected chi connectivity index (χ2v) is 10.9. The lowest BCUT2D eigenvalue weighted by molar-refractivity contribution is -0.125. The first kappa shape index (κ1) is 25.1. The summed E-state index contributed by atoms with van der Waals surface area (Å²) in [6, 6.07) is 7.75. The standard InChI is InChI=1S/C28H36N6O4/c29-26-24-22(18-4-3-6-20(12-18)38-15-21-5-1-2-9-37-21)14-34(28(24)32-16-31-26)19-10-17(11-19)13-33-8-7-23(35)25(33)27(30)36/h3-4,6,12,14,16-17,19,21,23,25,35H,1-2,5,7-11,13,15H2,(H2,30,36)(H2,29,31,32)/t17?,19?,21?,23-,25-/m0/s1. The average molecular weight is 521 g/mol. The van der Waals surface area contributed by atoms with Crippen molar-refractivity contribution in [3.05, 3.63) is 36.8 Å². The predicted octanol–water partition coefficient (Wildman–Crippen LogP) is 2.50. The summed E-state index contributed by atoms with van der Waals surface area (Å²) in [6.07, 6.45) is 8.95. The van der Waals surface area contributed by atoms with Crippen molar-refractivity contribution < 1.29 is 19.4 Å². The lowest BCUT2D eigenvalue weighted by Gasteiger charge is -2.39. The molecule has 0 bridgehead atoms. The molecule has 3 aromatic rings. The number of aliphatic hydroxyl groups excluding tert-OH is 1. The van der Waals surface area contributed by atoms with Gasteiger partial charge in [0, 0.05) is 37.5 Å². The second kappa shape index (κ2) is 10.5. The molecule has 6 rings (SSSR count). The summed E-state index contributed by atoms with van der Waals surface area (Å²) in [4.78, 5) is 22.8. The first-order chi connectivity index (χ1) is 18.5. The van der Waals surface area contributed by atoms with Crippen molar-refractivity contribution in [3.63, 3.8) is 0 Å². The van der Waals surface area contributed by atoms with Crippen LogP contribution < -0.4 is 16.2 Å². The van der Waals surface area contributed by atoms with E-state index in [-0.39, 0.29) is 12.1 Å². The molecule has 5 N–H and O–H groups in total. The minimum atomic E-state index is -0.672. The van der Waals surface area contributed by atoms with Crippen molar-refractivity contribution >= 4 is 22.8 Å². The molecule has 1 aliphatic carbocycles. The number of hydrogen-bond donors (Lipinski definition) is 3. The topological polar surface area (TPSA) is 142 Å². The molecule has 202 valence electrons. The molecule has 0 spiro atoms. The van der Waals surface area contributed by atoms with Gasteiger partial charge in [0.25, 0.3) is 0 Å². The number of nitrogen functional groups attached to an aromatic ring is 1. The van der Waals surface area contributed by atoms with Gasteiger partial charge in [-0.15, -0.1) is 0 Å². The summed E-state index contributed by atoms with van der Waals surface area (Å²) >= 11 is 0. The molecule has 1 aromatic carbocycles. The van der Waals surface area contributed by atoms with Crippen LogP contribution in [-0.4, -0.2) is 75.0 Å². The number of aromatic nitrogens is 3. The monoisotopic (exact) mass is 520 g/mol. The van der Waals surface area contributed by atoms with Crippen LogP contribution in [0.4, 0.5) is 5.82 Å². The van der Waals surface area contributed by atoms with Gasteiger partial charge >= 0.3 is 0 Å². The minimum Gasteiger partial charge on any atom is -0.491 e. The van der Waals surface area contributed by atoms with Crippen molar-refractivity contribution in [2.45, 2.75) is 62.8 Å². The van der Waals surface area contributed by atoms with E-state index in [0.717, 1.165) is 66.7 Å². The van der Waals surface area contributed by atoms with Gasteiger partial charge in [-0.1, -0.05) is 12.1 Å². The van der Waals surface area contributed by atoms with Gasteiger partial charge < -0.3 is 30.6 Å². The Morgan fingerprint density at radius 3 is 2.87 bits per heavy atom. The van der Waals surface area contributed by atoms with Gasteiger partial charge in [0.1, 0.15) is 36.2 Å². The van der Waals surface area contributed by atoms with E-state index in [1.54, 1.807) is 0 Å². The Hall–Kier alpha value is -3.21. The van der Waals surface area contributed by atoms with Crippen LogP contribution in [0.25, 0.3) is 22.2 Å². The Morgan fingerprint density at radius 2 is 2.08 bits per heavy atom. The van der Waals surface area contributed by atoms with Crippen molar-refractivity contribution in [1.29, 1.82) is 0 Å². The maximum atomic E-state index is 11.8. The lowest BCUT2D eigenvalue weighted by atomic mass is 9.79. The number of aliphatic hydroxyl groups is 1. The summed E-state index contributed by atoms with van der Waals surface area (Å²) in [5, 5.41) is 11.0. The number of fused-ring (bicyclic) bond motifs is 1. The van der Waals surface area contributed by atoms with E-state index in [0.29, 0.717) is 31.3 Å². The molecule has 1 amide bonds. The SMILES string of the molecule is NC(=O)[C@@H]1[C@@H](O)CCN1CC1CC(n2cc(-c3cccc(OCC4CCCCO4)c3)c3c(N)ncnc32)C1. The van der Waals surface area contributed by atoms with E-state index in [4.69, 9.17) is 20.9 Å². The fourth-order valence-electron chi connectivity index (χ4n) is 6.31. The Balaban J connectivity index is 1.19. The van der Waals surface area contributed by atoms with E-state index in [9.17, 15) is 9.90 Å². The maximum absolute atomic E-state index is 11.8. The van der Waals surface area contributed by atoms with Gasteiger partial charge in [-0.05, 0) is 62.1 Å². The average Bonchev–Trinajstić information content (AvgIpc) is 3.47. The van der Waals surface area contributed by atoms with Gasteiger partial charge in [0.05, 0.1) is 17.6 Å². The third kappa shape index (κ3) is 4.83. The van der Waals surface area contributed by atoms with E-state index >= 15 is 0 Å². The molecule has 3 aliphatic rings. The Morgan fingerprint density at radius 1 is 1.21 bits per heavy atom. The number of benzene rings is 1. The van der Waals surface area contributed by atoms with Crippen molar-refractivity contribution in [2.24, 2.45) is 11.7 Å². The van der Waals surface area contributed by atoms with Crippen LogP contribution in [0, 0.1) is 5.92 Å². The molecule has 0 radical (unpaired) electrons. The first-order valence-corrected chi connectivity index (χ1v) is 13.6. The number of anilines is 1. The number of nitrogens with zero attached hydrogens (tertiary/aromatic N) is 4. The minimum absolute atomic E-state index is 0.145. The predicted molar refractivity (Wildman–Crippen MR) is 143 cm³/mol. The molecule has 38 heavy (non-hydrogen) atoms. The zero-order chi connectivity index (χ0) is 26.2. The van der Waals surface area contributed by atoms with Crippen LogP contribution in [0.2, 0.25) is 0 Å². The number of ether oxygens (including phenoxy) is 2. The molecule has 10 heteroatoms. The van der Waals surface area contributed by atoms with Crippen LogP contribution in [0.3, 0.4) is 0 Å². The highest BCUT2D eigenvalue weighted by Crippen LogP contribution is 2.44. The summed E-state index contributed by atoms with van der Waals surface area (Å²) in [7, 11) is 0. The molecular formula is C28H36N6O4. The fraction of sp³-hybridized carbons (Fsp3) is 0.536. The zero-order valence-corrected chi connectivity index (χ0v) is 21.5. The summed E-state index contributed by atoms with van der Waals surface area (Å²) < 4.78 is 14.1. The molecular weight excluding hydrogens is 484 g/mol. The quantitative estimate of drug-likeness (QED) is 0.411. The van der Waals surface area contributed by atoms with Gasteiger partial charge in [-0.2, -0.15) is 0 Å². The van der Waals surface area contributed by atoms with Crippen LogP contribution in [-0.2, 0) is 9.53 Å². The van der Waals surface area contributed by atoms with Crippen LogP contribution in [0.1, 0.15) is 44.6 Å². The van der Waals surface area contributed by atoms with E-state index in [1.807, 2.05) is 23.1 Å². The Labute approximate surface area is 221 Å². The Bertz CT molecular complexity index is 1300. The summed E-state index contributed by atoms with van der Waals surface area (Å²) in [6.45, 7) is 2.81.